The summed E-state index contributed by atoms with van der Waals surface area (Å²) in [7, 11) is 0. The summed E-state index contributed by atoms with van der Waals surface area (Å²) < 4.78 is 10.0. The molecule has 1 atom stereocenters. The molecule has 0 bridgehead atoms. The van der Waals surface area contributed by atoms with Crippen LogP contribution in [0.15, 0.2) is 0 Å². The Morgan fingerprint density at radius 1 is 1.60 bits per heavy atom. The molecule has 0 N–H and O–H groups in total. The zero-order chi connectivity index (χ0) is 11.7. The Hall–Kier alpha value is -1.06. The van der Waals surface area contributed by atoms with E-state index in [-0.39, 0.29) is 18.5 Å². The summed E-state index contributed by atoms with van der Waals surface area (Å²) in [5.41, 5.74) is -1.07. The number of cyclic esters (lactones) is 1. The fourth-order valence-corrected chi connectivity index (χ4v) is 1.21. The van der Waals surface area contributed by atoms with Gasteiger partial charge in [-0.3, -0.25) is 9.59 Å². The van der Waals surface area contributed by atoms with Gasteiger partial charge < -0.3 is 9.47 Å². The third-order valence-corrected chi connectivity index (χ3v) is 2.82. The van der Waals surface area contributed by atoms with Crippen LogP contribution < -0.4 is 0 Å². The molecule has 0 aromatic heterocycles. The lowest BCUT2D eigenvalue weighted by Crippen LogP contribution is -2.49. The monoisotopic (exact) mass is 214 g/mol. The van der Waals surface area contributed by atoms with Gasteiger partial charge in [-0.1, -0.05) is 6.92 Å². The normalized spacial score (nSPS) is 25.5. The number of hydrogen-bond donors (Lipinski definition) is 0. The van der Waals surface area contributed by atoms with Crippen LogP contribution in [0.25, 0.3) is 0 Å². The lowest BCUT2D eigenvalue weighted by atomic mass is 9.90. The quantitative estimate of drug-likeness (QED) is 0.668. The molecule has 15 heavy (non-hydrogen) atoms. The zero-order valence-corrected chi connectivity index (χ0v) is 9.75. The minimum Gasteiger partial charge on any atom is -0.461 e. The van der Waals surface area contributed by atoms with Gasteiger partial charge in [0.2, 0.25) is 0 Å². The van der Waals surface area contributed by atoms with E-state index in [2.05, 4.69) is 0 Å². The summed E-state index contributed by atoms with van der Waals surface area (Å²) in [5, 5.41) is 0. The van der Waals surface area contributed by atoms with Crippen LogP contribution in [0.2, 0.25) is 0 Å². The molecule has 1 saturated heterocycles. The molecular formula is C11H18O4. The van der Waals surface area contributed by atoms with E-state index in [1.165, 1.54) is 0 Å². The third-order valence-electron chi connectivity index (χ3n) is 2.82. The molecule has 0 radical (unpaired) electrons. The molecule has 0 saturated carbocycles. The summed E-state index contributed by atoms with van der Waals surface area (Å²) in [6, 6.07) is 0. The Bertz CT molecular complexity index is 272. The van der Waals surface area contributed by atoms with Crippen molar-refractivity contribution in [1.29, 1.82) is 0 Å². The van der Waals surface area contributed by atoms with Crippen molar-refractivity contribution in [3.63, 3.8) is 0 Å². The number of carbonyl (C=O) groups excluding carboxylic acids is 2. The van der Waals surface area contributed by atoms with Crippen molar-refractivity contribution in [2.45, 2.75) is 46.1 Å². The molecule has 1 fully saturated rings. The average Bonchev–Trinajstić information content (AvgIpc) is 2.12. The highest BCUT2D eigenvalue weighted by atomic mass is 16.6. The molecular weight excluding hydrogens is 196 g/mol. The van der Waals surface area contributed by atoms with E-state index in [0.717, 1.165) is 6.42 Å². The number of rotatable bonds is 4. The molecule has 4 nitrogen and oxygen atoms in total. The first-order valence-electron chi connectivity index (χ1n) is 5.18. The third kappa shape index (κ3) is 2.70. The second-order valence-electron chi connectivity index (χ2n) is 4.91. The predicted molar refractivity (Wildman–Crippen MR) is 54.1 cm³/mol. The molecule has 1 unspecified atom stereocenters. The van der Waals surface area contributed by atoms with Gasteiger partial charge in [0.15, 0.2) is 5.60 Å². The SMILES string of the molecule is CCC(C)(C)C(=O)OCC1(C)CC(=O)O1. The van der Waals surface area contributed by atoms with Crippen LogP contribution in [0.4, 0.5) is 0 Å². The largest absolute Gasteiger partial charge is 0.461 e. The first-order valence-corrected chi connectivity index (χ1v) is 5.18. The molecule has 0 aromatic carbocycles. The fraction of sp³-hybridized carbons (Fsp3) is 0.818. The van der Waals surface area contributed by atoms with Crippen molar-refractivity contribution in [3.8, 4) is 0 Å². The van der Waals surface area contributed by atoms with E-state index < -0.39 is 11.0 Å². The summed E-state index contributed by atoms with van der Waals surface area (Å²) in [6.07, 6.45) is 1.05. The van der Waals surface area contributed by atoms with Crippen LogP contribution in [-0.4, -0.2) is 24.1 Å². The standard InChI is InChI=1S/C11H18O4/c1-5-10(2,3)9(13)14-7-11(4)6-8(12)15-11/h5-7H2,1-4H3. The van der Waals surface area contributed by atoms with Crippen molar-refractivity contribution in [2.75, 3.05) is 6.61 Å². The number of ether oxygens (including phenoxy) is 2. The Kier molecular flexibility index (Phi) is 3.07. The van der Waals surface area contributed by atoms with Gasteiger partial charge in [0.05, 0.1) is 11.8 Å². The molecule has 1 rings (SSSR count). The van der Waals surface area contributed by atoms with Gasteiger partial charge in [-0.15, -0.1) is 0 Å². The van der Waals surface area contributed by atoms with E-state index in [9.17, 15) is 9.59 Å². The Morgan fingerprint density at radius 3 is 2.53 bits per heavy atom. The van der Waals surface area contributed by atoms with Gasteiger partial charge in [-0.25, -0.2) is 0 Å². The van der Waals surface area contributed by atoms with Gasteiger partial charge in [0.25, 0.3) is 0 Å². The first kappa shape index (κ1) is 12.0. The van der Waals surface area contributed by atoms with E-state index in [0.29, 0.717) is 6.42 Å². The van der Waals surface area contributed by atoms with Gasteiger partial charge in [0, 0.05) is 0 Å². The van der Waals surface area contributed by atoms with E-state index in [1.807, 2.05) is 20.8 Å². The predicted octanol–water partition coefficient (Wildman–Crippen LogP) is 1.67. The summed E-state index contributed by atoms with van der Waals surface area (Å²) in [4.78, 5) is 22.3. The second-order valence-corrected chi connectivity index (χ2v) is 4.91. The minimum atomic E-state index is -0.601. The Morgan fingerprint density at radius 2 is 2.13 bits per heavy atom. The highest BCUT2D eigenvalue weighted by molar-refractivity contribution is 5.78. The number of esters is 2. The van der Waals surface area contributed by atoms with E-state index in [1.54, 1.807) is 6.92 Å². The smallest absolute Gasteiger partial charge is 0.311 e. The summed E-state index contributed by atoms with van der Waals surface area (Å²) >= 11 is 0. The van der Waals surface area contributed by atoms with Crippen molar-refractivity contribution in [2.24, 2.45) is 5.41 Å². The van der Waals surface area contributed by atoms with Gasteiger partial charge in [0.1, 0.15) is 6.61 Å². The van der Waals surface area contributed by atoms with Crippen LogP contribution in [0.5, 0.6) is 0 Å². The Labute approximate surface area is 89.9 Å². The van der Waals surface area contributed by atoms with E-state index >= 15 is 0 Å². The van der Waals surface area contributed by atoms with Crippen molar-refractivity contribution < 1.29 is 19.1 Å². The van der Waals surface area contributed by atoms with Crippen LogP contribution in [0, 0.1) is 5.41 Å². The summed E-state index contributed by atoms with van der Waals surface area (Å²) in [6.45, 7) is 7.53. The van der Waals surface area contributed by atoms with Crippen LogP contribution in [0.3, 0.4) is 0 Å². The maximum atomic E-state index is 11.6. The molecule has 1 aliphatic heterocycles. The van der Waals surface area contributed by atoms with Gasteiger partial charge >= 0.3 is 11.9 Å². The highest BCUT2D eigenvalue weighted by Crippen LogP contribution is 2.29. The highest BCUT2D eigenvalue weighted by Gasteiger charge is 2.43. The molecule has 4 heteroatoms. The minimum absolute atomic E-state index is 0.154. The fourth-order valence-electron chi connectivity index (χ4n) is 1.21. The van der Waals surface area contributed by atoms with Crippen molar-refractivity contribution in [1.82, 2.24) is 0 Å². The Balaban J connectivity index is 2.38. The molecule has 0 aliphatic carbocycles. The van der Waals surface area contributed by atoms with Crippen molar-refractivity contribution in [3.05, 3.63) is 0 Å². The second kappa shape index (κ2) is 3.83. The van der Waals surface area contributed by atoms with Gasteiger partial charge in [-0.2, -0.15) is 0 Å². The molecule has 0 spiro atoms. The molecule has 0 aromatic rings. The summed E-state index contributed by atoms with van der Waals surface area (Å²) in [5.74, 6) is -0.475. The molecule has 1 heterocycles. The molecule has 86 valence electrons. The van der Waals surface area contributed by atoms with Gasteiger partial charge in [-0.05, 0) is 27.2 Å². The first-order chi connectivity index (χ1) is 6.79. The average molecular weight is 214 g/mol. The van der Waals surface area contributed by atoms with Crippen LogP contribution in [0.1, 0.15) is 40.5 Å². The topological polar surface area (TPSA) is 52.6 Å². The maximum absolute atomic E-state index is 11.6. The number of carbonyl (C=O) groups is 2. The molecule has 0 amide bonds. The maximum Gasteiger partial charge on any atom is 0.311 e. The van der Waals surface area contributed by atoms with Crippen LogP contribution >= 0.6 is 0 Å². The van der Waals surface area contributed by atoms with Crippen molar-refractivity contribution >= 4 is 11.9 Å². The molecule has 1 aliphatic rings. The van der Waals surface area contributed by atoms with E-state index in [4.69, 9.17) is 9.47 Å². The lowest BCUT2D eigenvalue weighted by molar-refractivity contribution is -0.201. The number of hydrogen-bond acceptors (Lipinski definition) is 4. The lowest BCUT2D eigenvalue weighted by Gasteiger charge is -2.37. The zero-order valence-electron chi connectivity index (χ0n) is 9.75. The van der Waals surface area contributed by atoms with Crippen LogP contribution in [-0.2, 0) is 19.1 Å².